The topological polar surface area (TPSA) is 91.3 Å². The molecule has 2 aliphatic rings. The molecule has 2 fully saturated rings. The molecule has 9 heteroatoms. The number of piperazine rings is 1. The molecule has 2 amide bonds. The third-order valence-corrected chi connectivity index (χ3v) is 14.3. The van der Waals surface area contributed by atoms with E-state index in [4.69, 9.17) is 9.47 Å². The number of rotatable bonds is 13. The van der Waals surface area contributed by atoms with Crippen LogP contribution < -0.4 is 20.1 Å². The zero-order valence-corrected chi connectivity index (χ0v) is 28.7. The molecule has 46 heavy (non-hydrogen) atoms. The molecule has 2 N–H and O–H groups in total. The highest BCUT2D eigenvalue weighted by atomic mass is 28.3. The van der Waals surface area contributed by atoms with Crippen LogP contribution in [0.4, 0.5) is 5.69 Å². The molecular weight excluding hydrogens is 595 g/mol. The van der Waals surface area contributed by atoms with Crippen molar-refractivity contribution in [2.45, 2.75) is 63.6 Å². The second kappa shape index (κ2) is 15.4. The second-order valence-corrected chi connectivity index (χ2v) is 17.9. The number of carbonyl (C=O) groups excluding carboxylic acids is 2. The van der Waals surface area contributed by atoms with E-state index < -0.39 is 8.07 Å². The highest BCUT2D eigenvalue weighted by Crippen LogP contribution is 2.46. The number of benzene rings is 3. The Balaban J connectivity index is 1.33. The van der Waals surface area contributed by atoms with Crippen LogP contribution >= 0.6 is 0 Å². The lowest BCUT2D eigenvalue weighted by molar-refractivity contribution is -0.135. The van der Waals surface area contributed by atoms with Gasteiger partial charge >= 0.3 is 0 Å². The summed E-state index contributed by atoms with van der Waals surface area (Å²) in [4.78, 5) is 29.8. The standard InChI is InChI=1S/C37H49N3O5Si/c1-27-33(19-12-28-10-13-30(14-11-28)40-21-20-38-25-36(40)43)45-34(37(27)46(3,4)32-17-15-31(44-2)16-18-32)24-35(42)39(22-23-41)26-29-8-6-5-7-9-29/h5-11,13-18,27,33-34,37-38,41H,12,19-26H2,1-4H3/t27-,33+,34-,37+/m0/s1. The molecule has 5 rings (SSSR count). The molecule has 246 valence electrons. The van der Waals surface area contributed by atoms with Crippen LogP contribution in [0.15, 0.2) is 78.9 Å². The van der Waals surface area contributed by atoms with E-state index in [9.17, 15) is 14.7 Å². The van der Waals surface area contributed by atoms with Crippen molar-refractivity contribution in [3.8, 4) is 5.75 Å². The molecule has 2 heterocycles. The average Bonchev–Trinajstić information content (AvgIpc) is 3.39. The number of carbonyl (C=O) groups is 2. The fourth-order valence-corrected chi connectivity index (χ4v) is 11.5. The smallest absolute Gasteiger partial charge is 0.240 e. The molecule has 0 aliphatic carbocycles. The zero-order chi connectivity index (χ0) is 32.7. The number of aliphatic hydroxyl groups is 1. The Labute approximate surface area is 274 Å². The molecule has 0 unspecified atom stereocenters. The minimum absolute atomic E-state index is 0.0123. The van der Waals surface area contributed by atoms with E-state index in [-0.39, 0.29) is 42.1 Å². The quantitative estimate of drug-likeness (QED) is 0.269. The summed E-state index contributed by atoms with van der Waals surface area (Å²) in [7, 11) is -0.446. The summed E-state index contributed by atoms with van der Waals surface area (Å²) in [6, 6.07) is 26.7. The molecule has 0 bridgehead atoms. The van der Waals surface area contributed by atoms with Crippen LogP contribution in [0.25, 0.3) is 0 Å². The van der Waals surface area contributed by atoms with Crippen LogP contribution in [0, 0.1) is 5.92 Å². The summed E-state index contributed by atoms with van der Waals surface area (Å²) in [5, 5.41) is 14.3. The number of hydrogen-bond donors (Lipinski definition) is 2. The van der Waals surface area contributed by atoms with Gasteiger partial charge in [-0.1, -0.05) is 79.8 Å². The lowest BCUT2D eigenvalue weighted by Crippen LogP contribution is -2.51. The van der Waals surface area contributed by atoms with Crippen molar-refractivity contribution in [2.24, 2.45) is 5.92 Å². The van der Waals surface area contributed by atoms with Crippen molar-refractivity contribution in [3.63, 3.8) is 0 Å². The van der Waals surface area contributed by atoms with Gasteiger partial charge in [0.1, 0.15) is 5.75 Å². The van der Waals surface area contributed by atoms with Crippen molar-refractivity contribution in [2.75, 3.05) is 44.8 Å². The Kier molecular flexibility index (Phi) is 11.3. The Morgan fingerprint density at radius 1 is 1.02 bits per heavy atom. The fourth-order valence-electron chi connectivity index (χ4n) is 7.39. The SMILES string of the molecule is COc1ccc([Si](C)(C)[C@@H]2[C@@H](C)[C@@H](CCc3ccc(N4CCNCC4=O)cc3)O[C@H]2CC(=O)N(CCO)Cc2ccccc2)cc1. The number of amides is 2. The minimum atomic E-state index is -2.13. The van der Waals surface area contributed by atoms with Crippen molar-refractivity contribution >= 4 is 30.8 Å². The summed E-state index contributed by atoms with van der Waals surface area (Å²) in [5.74, 6) is 1.21. The van der Waals surface area contributed by atoms with E-state index in [0.717, 1.165) is 36.4 Å². The molecule has 2 saturated heterocycles. The van der Waals surface area contributed by atoms with Gasteiger partial charge < -0.3 is 29.7 Å². The summed E-state index contributed by atoms with van der Waals surface area (Å²) in [6.45, 7) is 9.62. The highest BCUT2D eigenvalue weighted by Gasteiger charge is 2.51. The number of hydrogen-bond acceptors (Lipinski definition) is 6. The first-order valence-electron chi connectivity index (χ1n) is 16.5. The number of nitrogens with zero attached hydrogens (tertiary/aromatic N) is 2. The van der Waals surface area contributed by atoms with E-state index in [1.807, 2.05) is 59.5 Å². The Morgan fingerprint density at radius 2 is 1.74 bits per heavy atom. The van der Waals surface area contributed by atoms with Crippen molar-refractivity contribution < 1.29 is 24.2 Å². The first kappa shape index (κ1) is 33.8. The number of ether oxygens (including phenoxy) is 2. The first-order valence-corrected chi connectivity index (χ1v) is 19.6. The second-order valence-electron chi connectivity index (χ2n) is 13.2. The predicted molar refractivity (Wildman–Crippen MR) is 185 cm³/mol. The number of methoxy groups -OCH3 is 1. The maximum atomic E-state index is 13.9. The molecule has 0 saturated carbocycles. The largest absolute Gasteiger partial charge is 0.497 e. The van der Waals surface area contributed by atoms with Gasteiger partial charge in [0.25, 0.3) is 0 Å². The Morgan fingerprint density at radius 3 is 2.39 bits per heavy atom. The fraction of sp³-hybridized carbons (Fsp3) is 0.459. The summed E-state index contributed by atoms with van der Waals surface area (Å²) >= 11 is 0. The molecule has 0 radical (unpaired) electrons. The maximum Gasteiger partial charge on any atom is 0.240 e. The Hall–Kier alpha value is -3.50. The zero-order valence-electron chi connectivity index (χ0n) is 27.7. The number of anilines is 1. The third kappa shape index (κ3) is 7.89. The van der Waals surface area contributed by atoms with Gasteiger partial charge in [-0.2, -0.15) is 0 Å². The van der Waals surface area contributed by atoms with E-state index in [2.05, 4.69) is 49.6 Å². The molecular formula is C37H49N3O5Si. The van der Waals surface area contributed by atoms with Crippen LogP contribution in [0.3, 0.4) is 0 Å². The molecule has 8 nitrogen and oxygen atoms in total. The van der Waals surface area contributed by atoms with E-state index in [1.54, 1.807) is 12.0 Å². The van der Waals surface area contributed by atoms with E-state index >= 15 is 0 Å². The normalized spacial score (nSPS) is 21.8. The molecule has 0 aromatic heterocycles. The molecule has 2 aliphatic heterocycles. The third-order valence-electron chi connectivity index (χ3n) is 9.94. The van der Waals surface area contributed by atoms with E-state index in [1.165, 1.54) is 10.8 Å². The van der Waals surface area contributed by atoms with Gasteiger partial charge in [-0.3, -0.25) is 9.59 Å². The Bertz CT molecular complexity index is 1430. The summed E-state index contributed by atoms with van der Waals surface area (Å²) in [6.07, 6.45) is 1.80. The van der Waals surface area contributed by atoms with Gasteiger partial charge in [0.15, 0.2) is 0 Å². The lowest BCUT2D eigenvalue weighted by Gasteiger charge is -2.36. The number of aliphatic hydroxyl groups excluding tert-OH is 1. The number of aryl methyl sites for hydroxylation is 1. The summed E-state index contributed by atoms with van der Waals surface area (Å²) in [5.41, 5.74) is 3.42. The van der Waals surface area contributed by atoms with Crippen LogP contribution in [0.1, 0.15) is 30.9 Å². The molecule has 3 aromatic carbocycles. The van der Waals surface area contributed by atoms with E-state index in [0.29, 0.717) is 32.6 Å². The average molecular weight is 644 g/mol. The van der Waals surface area contributed by atoms with Gasteiger partial charge in [-0.15, -0.1) is 0 Å². The molecule has 4 atom stereocenters. The minimum Gasteiger partial charge on any atom is -0.497 e. The highest BCUT2D eigenvalue weighted by molar-refractivity contribution is 6.91. The monoisotopic (exact) mass is 643 g/mol. The lowest BCUT2D eigenvalue weighted by atomic mass is 9.95. The van der Waals surface area contributed by atoms with Crippen LogP contribution in [-0.2, 0) is 27.3 Å². The predicted octanol–water partition coefficient (Wildman–Crippen LogP) is 4.36. The van der Waals surface area contributed by atoms with Crippen LogP contribution in [0.5, 0.6) is 5.75 Å². The molecule has 0 spiro atoms. The van der Waals surface area contributed by atoms with Crippen LogP contribution in [0.2, 0.25) is 18.6 Å². The van der Waals surface area contributed by atoms with Crippen molar-refractivity contribution in [3.05, 3.63) is 90.0 Å². The van der Waals surface area contributed by atoms with Crippen molar-refractivity contribution in [1.82, 2.24) is 10.2 Å². The summed E-state index contributed by atoms with van der Waals surface area (Å²) < 4.78 is 12.3. The van der Waals surface area contributed by atoms with Gasteiger partial charge in [-0.25, -0.2) is 0 Å². The molecule has 3 aromatic rings. The van der Waals surface area contributed by atoms with Crippen molar-refractivity contribution in [1.29, 1.82) is 0 Å². The maximum absolute atomic E-state index is 13.9. The van der Waals surface area contributed by atoms with Gasteiger partial charge in [0.05, 0.1) is 47.0 Å². The van der Waals surface area contributed by atoms with Gasteiger partial charge in [0.2, 0.25) is 11.8 Å². The van der Waals surface area contributed by atoms with Gasteiger partial charge in [0, 0.05) is 31.9 Å². The number of nitrogens with one attached hydrogen (secondary N) is 1. The van der Waals surface area contributed by atoms with Gasteiger partial charge in [-0.05, 0) is 59.7 Å². The first-order chi connectivity index (χ1) is 22.2. The van der Waals surface area contributed by atoms with Crippen LogP contribution in [-0.4, -0.2) is 82.0 Å².